The second kappa shape index (κ2) is 6.02. The number of nitrogens with zero attached hydrogens (tertiary/aromatic N) is 1. The van der Waals surface area contributed by atoms with Crippen LogP contribution in [0.1, 0.15) is 19.3 Å². The average molecular weight is 270 g/mol. The van der Waals surface area contributed by atoms with E-state index in [1.807, 2.05) is 0 Å². The van der Waals surface area contributed by atoms with Crippen molar-refractivity contribution in [2.24, 2.45) is 0 Å². The number of nitro groups is 1. The first-order valence-corrected chi connectivity index (χ1v) is 6.46. The Morgan fingerprint density at radius 1 is 1.39 bits per heavy atom. The molecule has 2 rings (SSSR count). The lowest BCUT2D eigenvalue weighted by atomic mass is 10.2. The number of anilines is 1. The first-order valence-electron chi connectivity index (χ1n) is 6.08. The lowest BCUT2D eigenvalue weighted by Gasteiger charge is -2.08. The average Bonchev–Trinajstić information content (AvgIpc) is 3.14. The van der Waals surface area contributed by atoms with Gasteiger partial charge in [0.25, 0.3) is 5.69 Å². The van der Waals surface area contributed by atoms with E-state index in [0.717, 1.165) is 31.2 Å². The minimum Gasteiger partial charge on any atom is -0.384 e. The van der Waals surface area contributed by atoms with Crippen LogP contribution >= 0.6 is 11.6 Å². The van der Waals surface area contributed by atoms with Crippen LogP contribution in [0.5, 0.6) is 0 Å². The highest BCUT2D eigenvalue weighted by atomic mass is 35.5. The van der Waals surface area contributed by atoms with Crippen molar-refractivity contribution in [2.45, 2.75) is 25.3 Å². The number of benzene rings is 1. The molecule has 1 fully saturated rings. The minimum absolute atomic E-state index is 0.0148. The number of rotatable bonds is 7. The molecule has 1 saturated carbocycles. The zero-order valence-corrected chi connectivity index (χ0v) is 10.7. The van der Waals surface area contributed by atoms with Gasteiger partial charge in [0.05, 0.1) is 15.6 Å². The molecule has 5 nitrogen and oxygen atoms in total. The topological polar surface area (TPSA) is 67.2 Å². The highest BCUT2D eigenvalue weighted by Gasteiger charge is 2.19. The van der Waals surface area contributed by atoms with Crippen LogP contribution in [0.3, 0.4) is 0 Å². The first-order chi connectivity index (χ1) is 8.66. The van der Waals surface area contributed by atoms with E-state index in [1.165, 1.54) is 25.0 Å². The fraction of sp³-hybridized carbons (Fsp3) is 0.500. The van der Waals surface area contributed by atoms with Crippen LogP contribution in [-0.4, -0.2) is 24.1 Å². The zero-order chi connectivity index (χ0) is 13.0. The quantitative estimate of drug-likeness (QED) is 0.454. The summed E-state index contributed by atoms with van der Waals surface area (Å²) in [4.78, 5) is 10.1. The summed E-state index contributed by atoms with van der Waals surface area (Å²) in [5, 5.41) is 17.5. The Morgan fingerprint density at radius 3 is 2.78 bits per heavy atom. The third kappa shape index (κ3) is 3.85. The Morgan fingerprint density at radius 2 is 2.17 bits per heavy atom. The molecule has 0 radical (unpaired) electrons. The van der Waals surface area contributed by atoms with Crippen LogP contribution in [0.2, 0.25) is 5.02 Å². The summed E-state index contributed by atoms with van der Waals surface area (Å²) >= 11 is 5.96. The predicted molar refractivity (Wildman–Crippen MR) is 72.2 cm³/mol. The second-order valence-electron chi connectivity index (χ2n) is 4.43. The predicted octanol–water partition coefficient (Wildman–Crippen LogP) is 2.80. The van der Waals surface area contributed by atoms with Crippen molar-refractivity contribution in [1.29, 1.82) is 0 Å². The highest BCUT2D eigenvalue weighted by Crippen LogP contribution is 2.26. The van der Waals surface area contributed by atoms with Crippen molar-refractivity contribution >= 4 is 23.0 Å². The first kappa shape index (κ1) is 13.1. The Kier molecular flexibility index (Phi) is 4.38. The van der Waals surface area contributed by atoms with Crippen LogP contribution < -0.4 is 10.6 Å². The molecule has 0 heterocycles. The largest absolute Gasteiger partial charge is 0.384 e. The maximum Gasteiger partial charge on any atom is 0.271 e. The van der Waals surface area contributed by atoms with Gasteiger partial charge in [-0.05, 0) is 31.9 Å². The minimum atomic E-state index is -0.449. The molecule has 0 saturated heterocycles. The Balaban J connectivity index is 1.75. The van der Waals surface area contributed by atoms with Crippen LogP contribution in [0, 0.1) is 10.1 Å². The Labute approximate surface area is 111 Å². The number of hydrogen-bond acceptors (Lipinski definition) is 4. The standard InChI is InChI=1S/C12H16ClN3O2/c13-11-8-10(16(17)18)4-5-12(11)15-7-1-6-14-9-2-3-9/h4-5,8-9,14-15H,1-3,6-7H2. The van der Waals surface area contributed by atoms with Crippen molar-refractivity contribution in [3.05, 3.63) is 33.3 Å². The van der Waals surface area contributed by atoms with Gasteiger partial charge in [0.2, 0.25) is 0 Å². The van der Waals surface area contributed by atoms with E-state index < -0.39 is 4.92 Å². The van der Waals surface area contributed by atoms with Crippen LogP contribution in [0.15, 0.2) is 18.2 Å². The number of nitro benzene ring substituents is 1. The van der Waals surface area contributed by atoms with Gasteiger partial charge < -0.3 is 10.6 Å². The maximum atomic E-state index is 10.6. The van der Waals surface area contributed by atoms with Gasteiger partial charge in [-0.2, -0.15) is 0 Å². The van der Waals surface area contributed by atoms with Crippen LogP contribution in [-0.2, 0) is 0 Å². The van der Waals surface area contributed by atoms with Gasteiger partial charge in [-0.3, -0.25) is 10.1 Å². The van der Waals surface area contributed by atoms with E-state index in [4.69, 9.17) is 11.6 Å². The summed E-state index contributed by atoms with van der Waals surface area (Å²) in [5.74, 6) is 0. The van der Waals surface area contributed by atoms with Gasteiger partial charge in [-0.15, -0.1) is 0 Å². The van der Waals surface area contributed by atoms with Gasteiger partial charge in [0, 0.05) is 24.7 Å². The molecule has 0 spiro atoms. The number of halogens is 1. The highest BCUT2D eigenvalue weighted by molar-refractivity contribution is 6.33. The molecule has 1 aromatic carbocycles. The summed E-state index contributed by atoms with van der Waals surface area (Å²) < 4.78 is 0. The van der Waals surface area contributed by atoms with E-state index >= 15 is 0 Å². The molecule has 2 N–H and O–H groups in total. The lowest BCUT2D eigenvalue weighted by molar-refractivity contribution is -0.384. The molecule has 0 aromatic heterocycles. The van der Waals surface area contributed by atoms with Crippen LogP contribution in [0.25, 0.3) is 0 Å². The number of non-ortho nitro benzene ring substituents is 1. The summed E-state index contributed by atoms with van der Waals surface area (Å²) in [5.41, 5.74) is 0.759. The lowest BCUT2D eigenvalue weighted by Crippen LogP contribution is -2.19. The maximum absolute atomic E-state index is 10.6. The molecule has 18 heavy (non-hydrogen) atoms. The second-order valence-corrected chi connectivity index (χ2v) is 4.84. The van der Waals surface area contributed by atoms with Crippen molar-refractivity contribution in [3.8, 4) is 0 Å². The molecule has 0 atom stereocenters. The van der Waals surface area contributed by atoms with E-state index in [-0.39, 0.29) is 5.69 Å². The number of hydrogen-bond donors (Lipinski definition) is 2. The summed E-state index contributed by atoms with van der Waals surface area (Å²) in [6.07, 6.45) is 3.59. The van der Waals surface area contributed by atoms with E-state index in [0.29, 0.717) is 5.02 Å². The molecule has 1 aliphatic carbocycles. The van der Waals surface area contributed by atoms with Gasteiger partial charge >= 0.3 is 0 Å². The SMILES string of the molecule is O=[N+]([O-])c1ccc(NCCCNC2CC2)c(Cl)c1. The van der Waals surface area contributed by atoms with E-state index in [9.17, 15) is 10.1 Å². The Bertz CT molecular complexity index is 435. The van der Waals surface area contributed by atoms with Crippen molar-refractivity contribution in [2.75, 3.05) is 18.4 Å². The molecular formula is C12H16ClN3O2. The summed E-state index contributed by atoms with van der Waals surface area (Å²) in [7, 11) is 0. The van der Waals surface area contributed by atoms with E-state index in [1.54, 1.807) is 6.07 Å². The van der Waals surface area contributed by atoms with Gasteiger partial charge in [-0.1, -0.05) is 11.6 Å². The van der Waals surface area contributed by atoms with Crippen molar-refractivity contribution in [3.63, 3.8) is 0 Å². The molecule has 0 aliphatic heterocycles. The fourth-order valence-electron chi connectivity index (χ4n) is 1.67. The molecular weight excluding hydrogens is 254 g/mol. The van der Waals surface area contributed by atoms with Crippen molar-refractivity contribution in [1.82, 2.24) is 5.32 Å². The fourth-order valence-corrected chi connectivity index (χ4v) is 1.91. The van der Waals surface area contributed by atoms with Crippen LogP contribution in [0.4, 0.5) is 11.4 Å². The molecule has 6 heteroatoms. The Hall–Kier alpha value is -1.33. The molecule has 1 aromatic rings. The third-order valence-electron chi connectivity index (χ3n) is 2.84. The molecule has 0 bridgehead atoms. The van der Waals surface area contributed by atoms with E-state index in [2.05, 4.69) is 10.6 Å². The monoisotopic (exact) mass is 269 g/mol. The molecule has 0 unspecified atom stereocenters. The zero-order valence-electron chi connectivity index (χ0n) is 9.99. The molecule has 1 aliphatic rings. The van der Waals surface area contributed by atoms with Gasteiger partial charge in [0.1, 0.15) is 0 Å². The van der Waals surface area contributed by atoms with Gasteiger partial charge in [0.15, 0.2) is 0 Å². The third-order valence-corrected chi connectivity index (χ3v) is 3.16. The summed E-state index contributed by atoms with van der Waals surface area (Å²) in [6.45, 7) is 1.79. The smallest absolute Gasteiger partial charge is 0.271 e. The molecule has 0 amide bonds. The van der Waals surface area contributed by atoms with Crippen molar-refractivity contribution < 1.29 is 4.92 Å². The summed E-state index contributed by atoms with van der Waals surface area (Å²) in [6, 6.07) is 5.20. The normalized spacial score (nSPS) is 14.5. The number of nitrogens with one attached hydrogen (secondary N) is 2. The molecule has 98 valence electrons. The van der Waals surface area contributed by atoms with Gasteiger partial charge in [-0.25, -0.2) is 0 Å².